The molecule has 9 heteroatoms. The van der Waals surface area contributed by atoms with Gasteiger partial charge < -0.3 is 9.26 Å². The number of benzene rings is 1. The van der Waals surface area contributed by atoms with Crippen LogP contribution in [0.3, 0.4) is 0 Å². The second-order valence-electron chi connectivity index (χ2n) is 4.72. The van der Waals surface area contributed by atoms with Crippen LogP contribution in [0.5, 0.6) is 5.75 Å². The molecule has 0 aliphatic heterocycles. The fourth-order valence-electron chi connectivity index (χ4n) is 1.79. The van der Waals surface area contributed by atoms with Crippen LogP contribution in [-0.2, 0) is 5.75 Å². The number of nitrogens with zero attached hydrogens (tertiary/aromatic N) is 4. The molecule has 0 bridgehead atoms. The molecule has 3 aromatic rings. The van der Waals surface area contributed by atoms with Crippen LogP contribution in [0.4, 0.5) is 0 Å². The zero-order valence-electron chi connectivity index (χ0n) is 13.3. The molecule has 126 valence electrons. The zero-order valence-corrected chi connectivity index (χ0v) is 15.7. The van der Waals surface area contributed by atoms with Crippen LogP contribution in [0.15, 0.2) is 37.5 Å². The molecule has 0 aliphatic rings. The first kappa shape index (κ1) is 17.2. The van der Waals surface area contributed by atoms with Crippen LogP contribution < -0.4 is 4.74 Å². The molecule has 0 saturated carbocycles. The molecule has 3 rings (SSSR count). The summed E-state index contributed by atoms with van der Waals surface area (Å²) in [5.74, 6) is 3.61. The summed E-state index contributed by atoms with van der Waals surface area (Å²) in [7, 11) is 1.64. The largest absolute Gasteiger partial charge is 0.497 e. The quantitative estimate of drug-likeness (QED) is 0.533. The van der Waals surface area contributed by atoms with Gasteiger partial charge in [-0.25, -0.2) is 0 Å². The summed E-state index contributed by atoms with van der Waals surface area (Å²) in [6.45, 7) is 2.15. The lowest BCUT2D eigenvalue weighted by molar-refractivity contribution is 0.414. The van der Waals surface area contributed by atoms with Crippen molar-refractivity contribution in [2.24, 2.45) is 0 Å². The van der Waals surface area contributed by atoms with Gasteiger partial charge in [-0.15, -0.1) is 10.2 Å². The van der Waals surface area contributed by atoms with Crippen molar-refractivity contribution in [1.29, 1.82) is 0 Å². The molecule has 0 spiro atoms. The second-order valence-corrected chi connectivity index (χ2v) is 8.26. The first-order valence-electron chi connectivity index (χ1n) is 7.34. The van der Waals surface area contributed by atoms with Gasteiger partial charge in [0.25, 0.3) is 5.89 Å². The number of rotatable bonds is 8. The van der Waals surface area contributed by atoms with Crippen molar-refractivity contribution < 1.29 is 9.26 Å². The number of ether oxygens (including phenoxy) is 1. The molecule has 0 aliphatic carbocycles. The highest BCUT2D eigenvalue weighted by atomic mass is 32.2. The molecule has 0 saturated heterocycles. The van der Waals surface area contributed by atoms with E-state index in [1.54, 1.807) is 42.0 Å². The van der Waals surface area contributed by atoms with Crippen LogP contribution in [0.25, 0.3) is 11.5 Å². The summed E-state index contributed by atoms with van der Waals surface area (Å²) in [6, 6.07) is 7.52. The van der Waals surface area contributed by atoms with E-state index >= 15 is 0 Å². The lowest BCUT2D eigenvalue weighted by atomic mass is 10.2. The Bertz CT molecular complexity index is 773. The van der Waals surface area contributed by atoms with Gasteiger partial charge in [0.2, 0.25) is 0 Å². The van der Waals surface area contributed by atoms with E-state index in [0.29, 0.717) is 17.5 Å². The summed E-state index contributed by atoms with van der Waals surface area (Å²) < 4.78 is 12.4. The monoisotopic (exact) mass is 380 g/mol. The van der Waals surface area contributed by atoms with Gasteiger partial charge in [-0.2, -0.15) is 4.98 Å². The van der Waals surface area contributed by atoms with Gasteiger partial charge in [-0.05, 0) is 30.7 Å². The molecule has 0 unspecified atom stereocenters. The van der Waals surface area contributed by atoms with Gasteiger partial charge in [0, 0.05) is 11.3 Å². The smallest absolute Gasteiger partial charge is 0.257 e. The fraction of sp³-hybridized carbons (Fsp3) is 0.333. The number of methoxy groups -OCH3 is 1. The maximum absolute atomic E-state index is 5.32. The Morgan fingerprint density at radius 1 is 1.12 bits per heavy atom. The molecule has 0 N–H and O–H groups in total. The van der Waals surface area contributed by atoms with E-state index in [9.17, 15) is 0 Å². The van der Waals surface area contributed by atoms with Gasteiger partial charge in [0.15, 0.2) is 14.5 Å². The number of thioether (sulfide) groups is 2. The number of hydrogen-bond donors (Lipinski definition) is 0. The fourth-order valence-corrected chi connectivity index (χ4v) is 4.58. The highest BCUT2D eigenvalue weighted by Crippen LogP contribution is 2.31. The van der Waals surface area contributed by atoms with Crippen molar-refractivity contribution in [1.82, 2.24) is 20.3 Å². The minimum absolute atomic E-state index is 0.504. The van der Waals surface area contributed by atoms with Crippen molar-refractivity contribution in [2.75, 3.05) is 12.9 Å². The van der Waals surface area contributed by atoms with E-state index < -0.39 is 0 Å². The molecule has 2 heterocycles. The Hall–Kier alpha value is -1.58. The van der Waals surface area contributed by atoms with E-state index in [2.05, 4.69) is 27.3 Å². The van der Waals surface area contributed by atoms with Gasteiger partial charge >= 0.3 is 0 Å². The van der Waals surface area contributed by atoms with E-state index in [0.717, 1.165) is 32.2 Å². The minimum Gasteiger partial charge on any atom is -0.497 e. The summed E-state index contributed by atoms with van der Waals surface area (Å²) in [5, 5.41) is 12.4. The van der Waals surface area contributed by atoms with Crippen molar-refractivity contribution >= 4 is 34.9 Å². The maximum Gasteiger partial charge on any atom is 0.257 e. The van der Waals surface area contributed by atoms with Crippen LogP contribution in [0.2, 0.25) is 0 Å². The Kier molecular flexibility index (Phi) is 6.11. The molecule has 2 aromatic heterocycles. The van der Waals surface area contributed by atoms with E-state index in [1.165, 1.54) is 0 Å². The standard InChI is InChI=1S/C15H16N4O2S3/c1-3-8-22-14-17-18-15(24-14)23-9-12-16-13(21-19-12)10-4-6-11(20-2)7-5-10/h4-7H,3,8-9H2,1-2H3. The minimum atomic E-state index is 0.504. The van der Waals surface area contributed by atoms with Crippen LogP contribution >= 0.6 is 34.9 Å². The molecular weight excluding hydrogens is 364 g/mol. The molecule has 6 nitrogen and oxygen atoms in total. The van der Waals surface area contributed by atoms with Crippen molar-refractivity contribution in [3.8, 4) is 17.2 Å². The zero-order chi connectivity index (χ0) is 16.8. The Morgan fingerprint density at radius 2 is 1.88 bits per heavy atom. The van der Waals surface area contributed by atoms with Gasteiger partial charge in [-0.1, -0.05) is 46.9 Å². The normalized spacial score (nSPS) is 10.9. The third kappa shape index (κ3) is 4.49. The van der Waals surface area contributed by atoms with Crippen molar-refractivity contribution in [2.45, 2.75) is 27.8 Å². The van der Waals surface area contributed by atoms with E-state index in [4.69, 9.17) is 9.26 Å². The van der Waals surface area contributed by atoms with Crippen molar-refractivity contribution in [3.63, 3.8) is 0 Å². The second kappa shape index (κ2) is 8.50. The molecule has 1 aromatic carbocycles. The molecule has 24 heavy (non-hydrogen) atoms. The predicted molar refractivity (Wildman–Crippen MR) is 96.8 cm³/mol. The van der Waals surface area contributed by atoms with Crippen LogP contribution in [0.1, 0.15) is 19.2 Å². The maximum atomic E-state index is 5.32. The molecule has 0 atom stereocenters. The van der Waals surface area contributed by atoms with E-state index in [1.807, 2.05) is 24.3 Å². The van der Waals surface area contributed by atoms with Gasteiger partial charge in [0.05, 0.1) is 12.9 Å². The van der Waals surface area contributed by atoms with E-state index in [-0.39, 0.29) is 0 Å². The molecule has 0 fully saturated rings. The first-order valence-corrected chi connectivity index (χ1v) is 10.1. The Morgan fingerprint density at radius 3 is 2.58 bits per heavy atom. The van der Waals surface area contributed by atoms with Crippen LogP contribution in [0, 0.1) is 0 Å². The highest BCUT2D eigenvalue weighted by Gasteiger charge is 2.11. The SMILES string of the molecule is CCCSc1nnc(SCc2noc(-c3ccc(OC)cc3)n2)s1. The first-order chi connectivity index (χ1) is 11.8. The lowest BCUT2D eigenvalue weighted by Gasteiger charge is -1.98. The van der Waals surface area contributed by atoms with Crippen LogP contribution in [-0.4, -0.2) is 33.2 Å². The third-order valence-corrected chi connectivity index (χ3v) is 6.34. The topological polar surface area (TPSA) is 73.9 Å². The lowest BCUT2D eigenvalue weighted by Crippen LogP contribution is -1.85. The highest BCUT2D eigenvalue weighted by molar-refractivity contribution is 8.02. The Balaban J connectivity index is 1.58. The number of aromatic nitrogens is 4. The summed E-state index contributed by atoms with van der Waals surface area (Å²) >= 11 is 4.91. The summed E-state index contributed by atoms with van der Waals surface area (Å²) in [5.41, 5.74) is 0.869. The van der Waals surface area contributed by atoms with Crippen molar-refractivity contribution in [3.05, 3.63) is 30.1 Å². The summed E-state index contributed by atoms with van der Waals surface area (Å²) in [4.78, 5) is 4.42. The summed E-state index contributed by atoms with van der Waals surface area (Å²) in [6.07, 6.45) is 1.13. The molecule has 0 amide bonds. The Labute approximate surface area is 152 Å². The average Bonchev–Trinajstić information content (AvgIpc) is 3.27. The number of hydrogen-bond acceptors (Lipinski definition) is 9. The predicted octanol–water partition coefficient (Wildman–Crippen LogP) is 4.39. The van der Waals surface area contributed by atoms with Gasteiger partial charge in [-0.3, -0.25) is 0 Å². The average molecular weight is 381 g/mol. The third-order valence-electron chi connectivity index (χ3n) is 2.95. The molecular formula is C15H16N4O2S3. The van der Waals surface area contributed by atoms with Gasteiger partial charge in [0.1, 0.15) is 5.75 Å². The molecule has 0 radical (unpaired) electrons.